The van der Waals surface area contributed by atoms with E-state index in [-0.39, 0.29) is 23.9 Å². The number of nitrogens with one attached hydrogen (secondary N) is 1. The minimum atomic E-state index is -0.483. The summed E-state index contributed by atoms with van der Waals surface area (Å²) in [5.41, 5.74) is 2.24. The molecule has 2 heterocycles. The highest BCUT2D eigenvalue weighted by Crippen LogP contribution is 2.17. The number of carbonyl (C=O) groups excluding carboxylic acids is 3. The van der Waals surface area contributed by atoms with Crippen LogP contribution in [0.3, 0.4) is 0 Å². The Morgan fingerprint density at radius 2 is 1.95 bits per heavy atom. The number of hydrogen-bond acceptors (Lipinski definition) is 5. The number of nitrogens with two attached hydrogens (primary N) is 1. The first kappa shape index (κ1) is 13.3. The average Bonchev–Trinajstić information content (AvgIpc) is 2.82. The molecule has 1 aliphatic heterocycles. The molecule has 1 fully saturated rings. The number of furan rings is 1. The van der Waals surface area contributed by atoms with Gasteiger partial charge in [0, 0.05) is 12.8 Å². The monoisotopic (exact) mass is 265 g/mol. The standard InChI is InChI=1S/C12H15N3O4/c13-14-12(18)8-5-9(19-7-8)6-15-10(16)3-1-2-4-11(15)17/h5,7H,1-4,6,13H2,(H,14,18). The number of hydrazine groups is 1. The molecule has 7 nitrogen and oxygen atoms in total. The highest BCUT2D eigenvalue weighted by atomic mass is 16.3. The molecule has 1 aromatic rings. The summed E-state index contributed by atoms with van der Waals surface area (Å²) in [6.07, 6.45) is 3.41. The molecule has 0 atom stereocenters. The van der Waals surface area contributed by atoms with Crippen LogP contribution in [0.4, 0.5) is 0 Å². The molecule has 0 spiro atoms. The summed E-state index contributed by atoms with van der Waals surface area (Å²) in [5.74, 6) is 4.49. The largest absolute Gasteiger partial charge is 0.467 e. The van der Waals surface area contributed by atoms with Crippen molar-refractivity contribution in [1.82, 2.24) is 10.3 Å². The lowest BCUT2D eigenvalue weighted by Gasteiger charge is -2.16. The molecule has 1 aliphatic rings. The van der Waals surface area contributed by atoms with E-state index >= 15 is 0 Å². The summed E-state index contributed by atoms with van der Waals surface area (Å²) >= 11 is 0. The number of amides is 3. The molecule has 2 rings (SSSR count). The maximum atomic E-state index is 11.8. The van der Waals surface area contributed by atoms with Crippen LogP contribution in [-0.4, -0.2) is 22.6 Å². The van der Waals surface area contributed by atoms with Gasteiger partial charge in [-0.1, -0.05) is 0 Å². The van der Waals surface area contributed by atoms with Crippen molar-refractivity contribution in [3.8, 4) is 0 Å². The summed E-state index contributed by atoms with van der Waals surface area (Å²) in [6, 6.07) is 1.47. The molecule has 3 N–H and O–H groups in total. The third kappa shape index (κ3) is 3.00. The fraction of sp³-hybridized carbons (Fsp3) is 0.417. The van der Waals surface area contributed by atoms with E-state index in [9.17, 15) is 14.4 Å². The first-order valence-corrected chi connectivity index (χ1v) is 6.03. The predicted molar refractivity (Wildman–Crippen MR) is 64.4 cm³/mol. The van der Waals surface area contributed by atoms with Gasteiger partial charge in [0.2, 0.25) is 11.8 Å². The molecule has 0 saturated carbocycles. The summed E-state index contributed by atoms with van der Waals surface area (Å²) in [4.78, 5) is 36.0. The quantitative estimate of drug-likeness (QED) is 0.354. The van der Waals surface area contributed by atoms with Crippen LogP contribution < -0.4 is 11.3 Å². The molecule has 1 aromatic heterocycles. The van der Waals surface area contributed by atoms with Gasteiger partial charge in [0.25, 0.3) is 5.91 Å². The van der Waals surface area contributed by atoms with Gasteiger partial charge in [0.1, 0.15) is 12.0 Å². The van der Waals surface area contributed by atoms with E-state index in [0.29, 0.717) is 18.6 Å². The van der Waals surface area contributed by atoms with Crippen LogP contribution >= 0.6 is 0 Å². The highest BCUT2D eigenvalue weighted by Gasteiger charge is 2.25. The first-order valence-electron chi connectivity index (χ1n) is 6.03. The minimum absolute atomic E-state index is 0.0511. The zero-order chi connectivity index (χ0) is 13.8. The van der Waals surface area contributed by atoms with Crippen molar-refractivity contribution in [1.29, 1.82) is 0 Å². The molecular formula is C12H15N3O4. The van der Waals surface area contributed by atoms with E-state index < -0.39 is 5.91 Å². The lowest BCUT2D eigenvalue weighted by Crippen LogP contribution is -2.34. The van der Waals surface area contributed by atoms with E-state index in [1.54, 1.807) is 0 Å². The van der Waals surface area contributed by atoms with Crippen LogP contribution in [0, 0.1) is 0 Å². The fourth-order valence-electron chi connectivity index (χ4n) is 1.96. The van der Waals surface area contributed by atoms with Crippen molar-refractivity contribution in [3.05, 3.63) is 23.7 Å². The molecule has 0 radical (unpaired) electrons. The Kier molecular flexibility index (Phi) is 3.96. The predicted octanol–water partition coefficient (Wildman–Crippen LogP) is 0.312. The lowest BCUT2D eigenvalue weighted by atomic mass is 10.2. The van der Waals surface area contributed by atoms with Gasteiger partial charge in [0.05, 0.1) is 12.1 Å². The van der Waals surface area contributed by atoms with Crippen molar-refractivity contribution in [2.24, 2.45) is 5.84 Å². The minimum Gasteiger partial charge on any atom is -0.467 e. The van der Waals surface area contributed by atoms with E-state index in [1.165, 1.54) is 17.2 Å². The maximum absolute atomic E-state index is 11.8. The van der Waals surface area contributed by atoms with Gasteiger partial charge in [-0.3, -0.25) is 24.7 Å². The number of carbonyl (C=O) groups is 3. The van der Waals surface area contributed by atoms with Crippen molar-refractivity contribution in [2.75, 3.05) is 0 Å². The Hall–Kier alpha value is -2.15. The van der Waals surface area contributed by atoms with Crippen LogP contribution in [0.25, 0.3) is 0 Å². The normalized spacial score (nSPS) is 16.4. The highest BCUT2D eigenvalue weighted by molar-refractivity contribution is 5.96. The number of hydrogen-bond donors (Lipinski definition) is 2. The second-order valence-corrected chi connectivity index (χ2v) is 4.36. The van der Waals surface area contributed by atoms with Gasteiger partial charge < -0.3 is 4.42 Å². The molecule has 1 saturated heterocycles. The summed E-state index contributed by atoms with van der Waals surface area (Å²) in [6.45, 7) is 0.0511. The first-order chi connectivity index (χ1) is 9.11. The molecule has 0 unspecified atom stereocenters. The van der Waals surface area contributed by atoms with E-state index in [0.717, 1.165) is 12.8 Å². The molecule has 19 heavy (non-hydrogen) atoms. The zero-order valence-electron chi connectivity index (χ0n) is 10.3. The van der Waals surface area contributed by atoms with E-state index in [4.69, 9.17) is 10.3 Å². The van der Waals surface area contributed by atoms with Crippen LogP contribution in [0.1, 0.15) is 41.8 Å². The Labute approximate surface area is 109 Å². The van der Waals surface area contributed by atoms with Gasteiger partial charge in [-0.25, -0.2) is 5.84 Å². The van der Waals surface area contributed by atoms with Gasteiger partial charge in [-0.2, -0.15) is 0 Å². The smallest absolute Gasteiger partial charge is 0.268 e. The summed E-state index contributed by atoms with van der Waals surface area (Å²) in [7, 11) is 0. The number of nitrogen functional groups attached to an aromatic ring is 1. The Bertz CT molecular complexity index is 491. The summed E-state index contributed by atoms with van der Waals surface area (Å²) in [5, 5.41) is 0. The Morgan fingerprint density at radius 3 is 2.53 bits per heavy atom. The fourth-order valence-corrected chi connectivity index (χ4v) is 1.96. The third-order valence-corrected chi connectivity index (χ3v) is 2.99. The van der Waals surface area contributed by atoms with Crippen molar-refractivity contribution >= 4 is 17.7 Å². The molecule has 0 aliphatic carbocycles. The van der Waals surface area contributed by atoms with Crippen molar-refractivity contribution in [2.45, 2.75) is 32.2 Å². The zero-order valence-corrected chi connectivity index (χ0v) is 10.3. The van der Waals surface area contributed by atoms with Crippen molar-refractivity contribution in [3.63, 3.8) is 0 Å². The lowest BCUT2D eigenvalue weighted by molar-refractivity contribution is -0.144. The number of rotatable bonds is 3. The topological polar surface area (TPSA) is 106 Å². The number of nitrogens with zero attached hydrogens (tertiary/aromatic N) is 1. The number of imide groups is 1. The second-order valence-electron chi connectivity index (χ2n) is 4.36. The maximum Gasteiger partial charge on any atom is 0.268 e. The van der Waals surface area contributed by atoms with Gasteiger partial charge in [-0.15, -0.1) is 0 Å². The SMILES string of the molecule is NNC(=O)c1coc(CN2C(=O)CCCCC2=O)c1. The molecule has 0 bridgehead atoms. The van der Waals surface area contributed by atoms with Crippen molar-refractivity contribution < 1.29 is 18.8 Å². The molecule has 7 heteroatoms. The molecule has 3 amide bonds. The second kappa shape index (κ2) is 5.66. The van der Waals surface area contributed by atoms with Crippen LogP contribution in [0.2, 0.25) is 0 Å². The van der Waals surface area contributed by atoms with Crippen LogP contribution in [0.15, 0.2) is 16.7 Å². The van der Waals surface area contributed by atoms with Gasteiger partial charge >= 0.3 is 0 Å². The van der Waals surface area contributed by atoms with Crippen LogP contribution in [-0.2, 0) is 16.1 Å². The Morgan fingerprint density at radius 1 is 1.32 bits per heavy atom. The molecule has 102 valence electrons. The third-order valence-electron chi connectivity index (χ3n) is 2.99. The Balaban J connectivity index is 2.10. The van der Waals surface area contributed by atoms with Gasteiger partial charge in [0.15, 0.2) is 0 Å². The summed E-state index contributed by atoms with van der Waals surface area (Å²) < 4.78 is 5.17. The molecular weight excluding hydrogens is 250 g/mol. The van der Waals surface area contributed by atoms with E-state index in [2.05, 4.69) is 0 Å². The average molecular weight is 265 g/mol. The van der Waals surface area contributed by atoms with Gasteiger partial charge in [-0.05, 0) is 18.9 Å². The molecule has 0 aromatic carbocycles. The van der Waals surface area contributed by atoms with Crippen LogP contribution in [0.5, 0.6) is 0 Å². The number of likely N-dealkylation sites (tertiary alicyclic amines) is 1. The van der Waals surface area contributed by atoms with E-state index in [1.807, 2.05) is 5.43 Å².